The lowest BCUT2D eigenvalue weighted by molar-refractivity contribution is -0.145. The molecule has 0 aliphatic carbocycles. The molecule has 0 radical (unpaired) electrons. The molecule has 0 N–H and O–H groups in total. The van der Waals surface area contributed by atoms with E-state index in [1.165, 1.54) is 4.73 Å². The molecule has 3 nitrogen and oxygen atoms in total. The maximum atomic E-state index is 11.7. The van der Waals surface area contributed by atoms with Crippen LogP contribution >= 0.6 is 15.9 Å². The summed E-state index contributed by atoms with van der Waals surface area (Å²) >= 11 is 3.27. The lowest BCUT2D eigenvalue weighted by Gasteiger charge is -2.14. The van der Waals surface area contributed by atoms with E-state index in [4.69, 9.17) is 4.84 Å². The molecule has 0 atom stereocenters. The number of hydrogen-bond acceptors (Lipinski definition) is 2. The molecule has 84 valence electrons. The molecule has 0 unspecified atom stereocenters. The number of benzene rings is 1. The van der Waals surface area contributed by atoms with Gasteiger partial charge < -0.3 is 4.84 Å². The monoisotopic (exact) mass is 281 g/mol. The SMILES string of the molecule is CC(C)(Br)C(=O)On1ccc2ccccc21. The van der Waals surface area contributed by atoms with Gasteiger partial charge in [-0.3, -0.25) is 0 Å². The summed E-state index contributed by atoms with van der Waals surface area (Å²) in [5.41, 5.74) is 0.882. The summed E-state index contributed by atoms with van der Waals surface area (Å²) in [5, 5.41) is 1.04. The van der Waals surface area contributed by atoms with Gasteiger partial charge in [-0.25, -0.2) is 4.79 Å². The van der Waals surface area contributed by atoms with Crippen LogP contribution in [0.5, 0.6) is 0 Å². The maximum Gasteiger partial charge on any atom is 0.348 e. The number of fused-ring (bicyclic) bond motifs is 1. The van der Waals surface area contributed by atoms with Gasteiger partial charge in [-0.1, -0.05) is 34.1 Å². The Hall–Kier alpha value is -1.29. The van der Waals surface area contributed by atoms with Crippen molar-refractivity contribution in [2.24, 2.45) is 0 Å². The van der Waals surface area contributed by atoms with Crippen LogP contribution in [-0.2, 0) is 4.79 Å². The van der Waals surface area contributed by atoms with E-state index in [9.17, 15) is 4.79 Å². The van der Waals surface area contributed by atoms with Crippen LogP contribution in [0.15, 0.2) is 36.5 Å². The van der Waals surface area contributed by atoms with Gasteiger partial charge in [0, 0.05) is 11.6 Å². The second-order valence-electron chi connectivity index (χ2n) is 4.05. The summed E-state index contributed by atoms with van der Waals surface area (Å²) in [6.45, 7) is 3.50. The molecule has 2 rings (SSSR count). The minimum absolute atomic E-state index is 0.325. The average molecular weight is 282 g/mol. The van der Waals surface area contributed by atoms with E-state index in [0.717, 1.165) is 10.9 Å². The van der Waals surface area contributed by atoms with Crippen LogP contribution in [0, 0.1) is 0 Å². The summed E-state index contributed by atoms with van der Waals surface area (Å²) < 4.78 is 0.805. The predicted octanol–water partition coefficient (Wildman–Crippen LogP) is 2.77. The molecule has 0 saturated heterocycles. The van der Waals surface area contributed by atoms with Crippen molar-refractivity contribution in [1.29, 1.82) is 0 Å². The van der Waals surface area contributed by atoms with Crippen LogP contribution in [0.2, 0.25) is 0 Å². The third-order valence-corrected chi connectivity index (χ3v) is 2.55. The van der Waals surface area contributed by atoms with Gasteiger partial charge in [0.25, 0.3) is 0 Å². The normalized spacial score (nSPS) is 11.7. The second kappa shape index (κ2) is 3.94. The van der Waals surface area contributed by atoms with Gasteiger partial charge in [-0.15, -0.1) is 0 Å². The van der Waals surface area contributed by atoms with Gasteiger partial charge in [0.1, 0.15) is 4.32 Å². The molecule has 0 spiro atoms. The number of hydrogen-bond donors (Lipinski definition) is 0. The number of carbonyl (C=O) groups is 1. The second-order valence-corrected chi connectivity index (χ2v) is 6.03. The Bertz CT molecular complexity index is 525. The summed E-state index contributed by atoms with van der Waals surface area (Å²) in [6, 6.07) is 9.64. The van der Waals surface area contributed by atoms with Gasteiger partial charge in [0.2, 0.25) is 0 Å². The Morgan fingerprint density at radius 2 is 2.00 bits per heavy atom. The summed E-state index contributed by atoms with van der Waals surface area (Å²) in [5.74, 6) is -0.325. The van der Waals surface area contributed by atoms with E-state index >= 15 is 0 Å². The van der Waals surface area contributed by atoms with Crippen LogP contribution in [0.4, 0.5) is 0 Å². The molecule has 16 heavy (non-hydrogen) atoms. The molecule has 0 bridgehead atoms. The van der Waals surface area contributed by atoms with Crippen LogP contribution in [0.3, 0.4) is 0 Å². The molecule has 1 aromatic heterocycles. The minimum atomic E-state index is -0.682. The molecule has 1 aromatic carbocycles. The van der Waals surface area contributed by atoms with E-state index < -0.39 is 4.32 Å². The number of para-hydroxylation sites is 1. The Balaban J connectivity index is 2.32. The van der Waals surface area contributed by atoms with Crippen molar-refractivity contribution in [2.75, 3.05) is 0 Å². The first-order chi connectivity index (χ1) is 7.48. The van der Waals surface area contributed by atoms with Crippen molar-refractivity contribution >= 4 is 32.8 Å². The fraction of sp³-hybridized carbons (Fsp3) is 0.250. The lowest BCUT2D eigenvalue weighted by atomic mass is 10.2. The summed E-state index contributed by atoms with van der Waals surface area (Å²) in [7, 11) is 0. The van der Waals surface area contributed by atoms with Gasteiger partial charge in [0.15, 0.2) is 0 Å². The third-order valence-electron chi connectivity index (χ3n) is 2.23. The first-order valence-electron chi connectivity index (χ1n) is 4.96. The zero-order valence-corrected chi connectivity index (χ0v) is 10.7. The average Bonchev–Trinajstić information content (AvgIpc) is 2.61. The van der Waals surface area contributed by atoms with Gasteiger partial charge in [-0.2, -0.15) is 4.73 Å². The summed E-state index contributed by atoms with van der Waals surface area (Å²) in [6.07, 6.45) is 1.74. The van der Waals surface area contributed by atoms with Crippen LogP contribution in [0.1, 0.15) is 13.8 Å². The number of alkyl halides is 1. The third kappa shape index (κ3) is 2.11. The predicted molar refractivity (Wildman–Crippen MR) is 66.5 cm³/mol. The number of rotatable bonds is 2. The Morgan fingerprint density at radius 1 is 1.31 bits per heavy atom. The van der Waals surface area contributed by atoms with Crippen LogP contribution in [0.25, 0.3) is 10.9 Å². The first-order valence-corrected chi connectivity index (χ1v) is 5.75. The Morgan fingerprint density at radius 3 is 2.69 bits per heavy atom. The van der Waals surface area contributed by atoms with Gasteiger partial charge in [-0.05, 0) is 26.0 Å². The highest BCUT2D eigenvalue weighted by molar-refractivity contribution is 9.10. The molecule has 0 amide bonds. The summed E-state index contributed by atoms with van der Waals surface area (Å²) in [4.78, 5) is 16.9. The lowest BCUT2D eigenvalue weighted by Crippen LogP contribution is -2.33. The molecule has 0 aliphatic heterocycles. The molecular weight excluding hydrogens is 270 g/mol. The quantitative estimate of drug-likeness (QED) is 0.793. The number of carbonyl (C=O) groups excluding carboxylic acids is 1. The fourth-order valence-electron chi connectivity index (χ4n) is 1.33. The Labute approximate surface area is 102 Å². The van der Waals surface area contributed by atoms with Crippen molar-refractivity contribution in [3.05, 3.63) is 36.5 Å². The molecular formula is C12H12BrNO2. The van der Waals surface area contributed by atoms with E-state index in [0.29, 0.717) is 0 Å². The zero-order chi connectivity index (χ0) is 11.8. The van der Waals surface area contributed by atoms with E-state index in [-0.39, 0.29) is 5.97 Å². The van der Waals surface area contributed by atoms with Crippen molar-refractivity contribution in [2.45, 2.75) is 18.2 Å². The van der Waals surface area contributed by atoms with Crippen LogP contribution < -0.4 is 4.84 Å². The molecule has 4 heteroatoms. The molecule has 0 saturated carbocycles. The first kappa shape index (κ1) is 11.2. The van der Waals surface area contributed by atoms with Crippen molar-refractivity contribution in [3.63, 3.8) is 0 Å². The molecule has 1 heterocycles. The maximum absolute atomic E-state index is 11.7. The van der Waals surface area contributed by atoms with E-state index in [1.54, 1.807) is 20.0 Å². The van der Waals surface area contributed by atoms with Gasteiger partial charge >= 0.3 is 5.97 Å². The van der Waals surface area contributed by atoms with Crippen molar-refractivity contribution in [3.8, 4) is 0 Å². The van der Waals surface area contributed by atoms with Gasteiger partial charge in [0.05, 0.1) is 5.52 Å². The molecule has 2 aromatic rings. The number of halogens is 1. The number of aromatic nitrogens is 1. The zero-order valence-electron chi connectivity index (χ0n) is 9.11. The smallest absolute Gasteiger partial charge is 0.335 e. The van der Waals surface area contributed by atoms with E-state index in [1.807, 2.05) is 30.3 Å². The highest BCUT2D eigenvalue weighted by Gasteiger charge is 2.26. The van der Waals surface area contributed by atoms with E-state index in [2.05, 4.69) is 15.9 Å². The van der Waals surface area contributed by atoms with Crippen molar-refractivity contribution < 1.29 is 9.63 Å². The molecule has 0 fully saturated rings. The fourth-order valence-corrected chi connectivity index (χ4v) is 1.41. The molecule has 0 aliphatic rings. The topological polar surface area (TPSA) is 31.2 Å². The Kier molecular flexibility index (Phi) is 2.76. The highest BCUT2D eigenvalue weighted by Crippen LogP contribution is 2.18. The number of nitrogens with zero attached hydrogens (tertiary/aromatic N) is 1. The largest absolute Gasteiger partial charge is 0.348 e. The van der Waals surface area contributed by atoms with Crippen molar-refractivity contribution in [1.82, 2.24) is 4.73 Å². The minimum Gasteiger partial charge on any atom is -0.335 e. The van der Waals surface area contributed by atoms with Crippen LogP contribution in [-0.4, -0.2) is 15.0 Å². The highest BCUT2D eigenvalue weighted by atomic mass is 79.9. The standard InChI is InChI=1S/C12H12BrNO2/c1-12(2,13)11(15)16-14-8-7-9-5-3-4-6-10(9)14/h3-8H,1-2H3.